The van der Waals surface area contributed by atoms with Crippen molar-refractivity contribution in [1.82, 2.24) is 5.32 Å². The van der Waals surface area contributed by atoms with Gasteiger partial charge in [-0.05, 0) is 55.2 Å². The molecule has 0 aromatic heterocycles. The number of anilines is 2. The fraction of sp³-hybridized carbons (Fsp3) is 0.286. The van der Waals surface area contributed by atoms with E-state index >= 15 is 0 Å². The lowest BCUT2D eigenvalue weighted by atomic mass is 10.1. The fourth-order valence-corrected chi connectivity index (χ4v) is 3.35. The van der Waals surface area contributed by atoms with E-state index in [1.807, 2.05) is 12.1 Å². The molecule has 2 aromatic rings. The minimum atomic E-state index is -0.272. The summed E-state index contributed by atoms with van der Waals surface area (Å²) in [7, 11) is 0. The van der Waals surface area contributed by atoms with Crippen molar-refractivity contribution in [2.45, 2.75) is 32.2 Å². The smallest absolute Gasteiger partial charge is 0.255 e. The zero-order chi connectivity index (χ0) is 19.0. The molecule has 2 aliphatic rings. The molecule has 27 heavy (non-hydrogen) atoms. The first-order valence-corrected chi connectivity index (χ1v) is 9.15. The van der Waals surface area contributed by atoms with Crippen molar-refractivity contribution in [3.63, 3.8) is 0 Å². The Hall–Kier alpha value is -3.15. The van der Waals surface area contributed by atoms with E-state index in [-0.39, 0.29) is 23.8 Å². The van der Waals surface area contributed by atoms with Crippen molar-refractivity contribution in [3.05, 3.63) is 59.2 Å². The summed E-state index contributed by atoms with van der Waals surface area (Å²) in [6.45, 7) is 2.18. The van der Waals surface area contributed by atoms with Crippen molar-refractivity contribution < 1.29 is 14.4 Å². The molecule has 0 radical (unpaired) electrons. The second-order valence-electron chi connectivity index (χ2n) is 7.01. The number of nitrogens with one attached hydrogen (secondary N) is 2. The molecule has 2 N–H and O–H groups in total. The van der Waals surface area contributed by atoms with E-state index in [9.17, 15) is 14.4 Å². The fourth-order valence-electron chi connectivity index (χ4n) is 3.35. The zero-order valence-electron chi connectivity index (χ0n) is 15.1. The van der Waals surface area contributed by atoms with Crippen LogP contribution in [-0.2, 0) is 11.2 Å². The molecule has 1 saturated carbocycles. The van der Waals surface area contributed by atoms with E-state index in [2.05, 4.69) is 10.6 Å². The molecule has 1 aliphatic heterocycles. The summed E-state index contributed by atoms with van der Waals surface area (Å²) in [4.78, 5) is 38.5. The van der Waals surface area contributed by atoms with Gasteiger partial charge in [0, 0.05) is 30.8 Å². The monoisotopic (exact) mass is 363 g/mol. The van der Waals surface area contributed by atoms with Crippen LogP contribution in [0.3, 0.4) is 0 Å². The van der Waals surface area contributed by atoms with Crippen LogP contribution < -0.4 is 15.5 Å². The Morgan fingerprint density at radius 2 is 1.81 bits per heavy atom. The van der Waals surface area contributed by atoms with Gasteiger partial charge in [0.25, 0.3) is 11.8 Å². The molecule has 1 heterocycles. The number of benzene rings is 2. The quantitative estimate of drug-likeness (QED) is 0.877. The summed E-state index contributed by atoms with van der Waals surface area (Å²) in [5, 5.41) is 5.79. The van der Waals surface area contributed by atoms with Gasteiger partial charge in [-0.25, -0.2) is 0 Å². The second-order valence-corrected chi connectivity index (χ2v) is 7.01. The normalized spacial score (nSPS) is 15.2. The third kappa shape index (κ3) is 3.56. The first kappa shape index (κ1) is 17.3. The first-order chi connectivity index (χ1) is 13.0. The molecule has 6 nitrogen and oxygen atoms in total. The van der Waals surface area contributed by atoms with Crippen LogP contribution in [0.25, 0.3) is 0 Å². The predicted octanol–water partition coefficient (Wildman–Crippen LogP) is 2.74. The maximum Gasteiger partial charge on any atom is 0.255 e. The molecule has 4 rings (SSSR count). The van der Waals surface area contributed by atoms with E-state index in [4.69, 9.17) is 0 Å². The minimum Gasteiger partial charge on any atom is -0.349 e. The number of amides is 3. The number of para-hydroxylation sites is 1. The van der Waals surface area contributed by atoms with Crippen LogP contribution in [0.1, 0.15) is 46.0 Å². The maximum absolute atomic E-state index is 12.7. The molecule has 1 fully saturated rings. The molecule has 3 amide bonds. The Morgan fingerprint density at radius 1 is 1.04 bits per heavy atom. The van der Waals surface area contributed by atoms with Gasteiger partial charge >= 0.3 is 0 Å². The molecule has 0 atom stereocenters. The number of rotatable bonds is 4. The molecule has 0 unspecified atom stereocenters. The van der Waals surface area contributed by atoms with Gasteiger partial charge in [0.2, 0.25) is 5.91 Å². The second kappa shape index (κ2) is 6.87. The van der Waals surface area contributed by atoms with Gasteiger partial charge in [0.15, 0.2) is 0 Å². The van der Waals surface area contributed by atoms with Crippen LogP contribution in [0, 0.1) is 0 Å². The van der Waals surface area contributed by atoms with Gasteiger partial charge in [0.05, 0.1) is 11.3 Å². The third-order valence-electron chi connectivity index (χ3n) is 4.95. The van der Waals surface area contributed by atoms with E-state index in [1.165, 1.54) is 0 Å². The highest BCUT2D eigenvalue weighted by atomic mass is 16.2. The van der Waals surface area contributed by atoms with Crippen molar-refractivity contribution in [1.29, 1.82) is 0 Å². The van der Waals surface area contributed by atoms with E-state index in [1.54, 1.807) is 42.2 Å². The summed E-state index contributed by atoms with van der Waals surface area (Å²) in [5.41, 5.74) is 3.31. The molecule has 0 spiro atoms. The molecule has 2 aromatic carbocycles. The van der Waals surface area contributed by atoms with Crippen LogP contribution in [0.4, 0.5) is 11.4 Å². The first-order valence-electron chi connectivity index (χ1n) is 9.15. The molecule has 0 bridgehead atoms. The summed E-state index contributed by atoms with van der Waals surface area (Å²) in [6.07, 6.45) is 2.75. The van der Waals surface area contributed by atoms with Crippen molar-refractivity contribution >= 4 is 29.1 Å². The molecule has 1 aliphatic carbocycles. The van der Waals surface area contributed by atoms with Gasteiger partial charge in [-0.3, -0.25) is 14.4 Å². The van der Waals surface area contributed by atoms with E-state index in [0.29, 0.717) is 23.4 Å². The Balaban J connectivity index is 1.53. The SMILES string of the molecule is CC(=O)N1CCc2cc(C(=O)Nc3ccccc3C(=O)NC3CC3)ccc21. The van der Waals surface area contributed by atoms with Crippen molar-refractivity contribution in [3.8, 4) is 0 Å². The number of nitrogens with zero attached hydrogens (tertiary/aromatic N) is 1. The predicted molar refractivity (Wildman–Crippen MR) is 103 cm³/mol. The summed E-state index contributed by atoms with van der Waals surface area (Å²) in [6, 6.07) is 12.6. The van der Waals surface area contributed by atoms with E-state index < -0.39 is 0 Å². The molecule has 0 saturated heterocycles. The maximum atomic E-state index is 12.7. The largest absolute Gasteiger partial charge is 0.349 e. The molecule has 6 heteroatoms. The lowest BCUT2D eigenvalue weighted by Crippen LogP contribution is -2.27. The standard InChI is InChI=1S/C21H21N3O3/c1-13(25)24-11-10-14-12-15(6-9-19(14)24)20(26)23-18-5-3-2-4-17(18)21(27)22-16-7-8-16/h2-6,9,12,16H,7-8,10-11H2,1H3,(H,22,27)(H,23,26). The average molecular weight is 363 g/mol. The van der Waals surface area contributed by atoms with Gasteiger partial charge in [-0.1, -0.05) is 12.1 Å². The van der Waals surface area contributed by atoms with Crippen LogP contribution in [0.5, 0.6) is 0 Å². The lowest BCUT2D eigenvalue weighted by molar-refractivity contribution is -0.116. The third-order valence-corrected chi connectivity index (χ3v) is 4.95. The Labute approximate surface area is 157 Å². The van der Waals surface area contributed by atoms with Crippen LogP contribution >= 0.6 is 0 Å². The number of carbonyl (C=O) groups is 3. The van der Waals surface area contributed by atoms with Crippen molar-refractivity contribution in [2.24, 2.45) is 0 Å². The van der Waals surface area contributed by atoms with Gasteiger partial charge in [-0.2, -0.15) is 0 Å². The average Bonchev–Trinajstić information content (AvgIpc) is 3.36. The minimum absolute atomic E-state index is 0.00144. The Kier molecular flexibility index (Phi) is 4.39. The number of fused-ring (bicyclic) bond motifs is 1. The number of hydrogen-bond acceptors (Lipinski definition) is 3. The lowest BCUT2D eigenvalue weighted by Gasteiger charge is -2.15. The zero-order valence-corrected chi connectivity index (χ0v) is 15.1. The van der Waals surface area contributed by atoms with Gasteiger partial charge < -0.3 is 15.5 Å². The van der Waals surface area contributed by atoms with Crippen LogP contribution in [0.2, 0.25) is 0 Å². The highest BCUT2D eigenvalue weighted by molar-refractivity contribution is 6.09. The van der Waals surface area contributed by atoms with Crippen molar-refractivity contribution in [2.75, 3.05) is 16.8 Å². The van der Waals surface area contributed by atoms with Crippen LogP contribution in [-0.4, -0.2) is 30.3 Å². The van der Waals surface area contributed by atoms with Gasteiger partial charge in [-0.15, -0.1) is 0 Å². The summed E-state index contributed by atoms with van der Waals surface area (Å²) < 4.78 is 0. The number of carbonyl (C=O) groups excluding carboxylic acids is 3. The summed E-state index contributed by atoms with van der Waals surface area (Å²) >= 11 is 0. The summed E-state index contributed by atoms with van der Waals surface area (Å²) in [5.74, 6) is -0.438. The Bertz CT molecular complexity index is 934. The topological polar surface area (TPSA) is 78.5 Å². The van der Waals surface area contributed by atoms with E-state index in [0.717, 1.165) is 30.5 Å². The van der Waals surface area contributed by atoms with Crippen LogP contribution in [0.15, 0.2) is 42.5 Å². The molecular formula is C21H21N3O3. The highest BCUT2D eigenvalue weighted by Gasteiger charge is 2.26. The Morgan fingerprint density at radius 3 is 2.56 bits per heavy atom. The molecule has 138 valence electrons. The highest BCUT2D eigenvalue weighted by Crippen LogP contribution is 2.29. The molecular weight excluding hydrogens is 342 g/mol. The van der Waals surface area contributed by atoms with Gasteiger partial charge in [0.1, 0.15) is 0 Å². The number of hydrogen-bond donors (Lipinski definition) is 2.